The Bertz CT molecular complexity index is 571. The predicted octanol–water partition coefficient (Wildman–Crippen LogP) is 0.255. The highest BCUT2D eigenvalue weighted by Crippen LogP contribution is 2.42. The van der Waals surface area contributed by atoms with Crippen molar-refractivity contribution in [1.82, 2.24) is 4.90 Å². The molecule has 0 amide bonds. The molecule has 0 saturated heterocycles. The van der Waals surface area contributed by atoms with Gasteiger partial charge in [-0.1, -0.05) is 30.3 Å². The van der Waals surface area contributed by atoms with Crippen molar-refractivity contribution in [3.63, 3.8) is 0 Å². The maximum Gasteiger partial charge on any atom is 0.339 e. The van der Waals surface area contributed by atoms with Gasteiger partial charge in [0.05, 0.1) is 0 Å². The van der Waals surface area contributed by atoms with Gasteiger partial charge in [0.25, 0.3) is 0 Å². The van der Waals surface area contributed by atoms with Crippen LogP contribution in [0.5, 0.6) is 0 Å². The number of rotatable bonds is 8. The maximum atomic E-state index is 11.4. The predicted molar refractivity (Wildman–Crippen MR) is 77.2 cm³/mol. The van der Waals surface area contributed by atoms with E-state index in [-0.39, 0.29) is 6.42 Å². The van der Waals surface area contributed by atoms with Crippen molar-refractivity contribution < 1.29 is 38.6 Å². The lowest BCUT2D eigenvalue weighted by Gasteiger charge is -2.29. The smallest absolute Gasteiger partial charge is 0.339 e. The minimum absolute atomic E-state index is 0.143. The summed E-state index contributed by atoms with van der Waals surface area (Å²) >= 11 is 0. The average molecular weight is 353 g/mol. The molecule has 0 bridgehead atoms. The first-order valence-electron chi connectivity index (χ1n) is 6.08. The van der Waals surface area contributed by atoms with Crippen LogP contribution in [0, 0.1) is 0 Å². The molecular formula is C11H17NO8P2. The van der Waals surface area contributed by atoms with E-state index < -0.39 is 39.8 Å². The summed E-state index contributed by atoms with van der Waals surface area (Å²) in [5.41, 5.74) is 0.566. The van der Waals surface area contributed by atoms with Crippen molar-refractivity contribution in [3.05, 3.63) is 35.9 Å². The monoisotopic (exact) mass is 353 g/mol. The molecule has 0 aromatic heterocycles. The lowest BCUT2D eigenvalue weighted by Crippen LogP contribution is -2.43. The number of carbonyl (C=O) groups is 1. The van der Waals surface area contributed by atoms with Gasteiger partial charge in [-0.15, -0.1) is 0 Å². The largest absolute Gasteiger partial charge is 0.480 e. The van der Waals surface area contributed by atoms with Crippen molar-refractivity contribution in [2.45, 2.75) is 12.5 Å². The highest BCUT2D eigenvalue weighted by Gasteiger charge is 2.34. The third-order valence-corrected chi connectivity index (χ3v) is 4.19. The number of carboxylic acids is 1. The van der Waals surface area contributed by atoms with Crippen LogP contribution in [0.4, 0.5) is 0 Å². The third-order valence-electron chi connectivity index (χ3n) is 2.73. The molecule has 1 atom stereocenters. The van der Waals surface area contributed by atoms with Crippen LogP contribution in [-0.2, 0) is 20.3 Å². The Balaban J connectivity index is 3.06. The molecule has 1 aromatic rings. The van der Waals surface area contributed by atoms with E-state index in [1.807, 2.05) is 0 Å². The highest BCUT2D eigenvalue weighted by atomic mass is 31.2. The van der Waals surface area contributed by atoms with Crippen LogP contribution in [0.1, 0.15) is 5.56 Å². The molecule has 5 N–H and O–H groups in total. The molecule has 1 rings (SSSR count). The van der Waals surface area contributed by atoms with E-state index in [1.165, 1.54) is 0 Å². The average Bonchev–Trinajstić information content (AvgIpc) is 2.32. The normalized spacial score (nSPS) is 14.0. The second-order valence-electron chi connectivity index (χ2n) is 4.74. The van der Waals surface area contributed by atoms with E-state index in [9.17, 15) is 19.0 Å². The van der Waals surface area contributed by atoms with Crippen LogP contribution in [0.2, 0.25) is 0 Å². The topological polar surface area (TPSA) is 156 Å². The molecular weight excluding hydrogens is 336 g/mol. The molecule has 0 saturated carbocycles. The SMILES string of the molecule is O=C(O)C(Cc1ccccc1)N(CP(=O)(O)O)CP(=O)(O)O. The van der Waals surface area contributed by atoms with Gasteiger partial charge in [-0.3, -0.25) is 18.8 Å². The van der Waals surface area contributed by atoms with E-state index in [4.69, 9.17) is 19.6 Å². The Kier molecular flexibility index (Phi) is 6.46. The fourth-order valence-corrected chi connectivity index (χ4v) is 3.62. The van der Waals surface area contributed by atoms with Gasteiger partial charge in [-0.25, -0.2) is 0 Å². The number of benzene rings is 1. The van der Waals surface area contributed by atoms with E-state index >= 15 is 0 Å². The molecule has 0 fully saturated rings. The van der Waals surface area contributed by atoms with Gasteiger partial charge in [-0.2, -0.15) is 0 Å². The van der Waals surface area contributed by atoms with Crippen LogP contribution in [0.15, 0.2) is 30.3 Å². The van der Waals surface area contributed by atoms with Gasteiger partial charge in [0.2, 0.25) is 0 Å². The Morgan fingerprint density at radius 2 is 1.45 bits per heavy atom. The quantitative estimate of drug-likeness (QED) is 0.414. The molecule has 0 aliphatic rings. The Morgan fingerprint density at radius 1 is 1.00 bits per heavy atom. The zero-order valence-corrected chi connectivity index (χ0v) is 13.2. The molecule has 11 heteroatoms. The van der Waals surface area contributed by atoms with Gasteiger partial charge in [0, 0.05) is 0 Å². The summed E-state index contributed by atoms with van der Waals surface area (Å²) in [6.07, 6.45) is -2.25. The van der Waals surface area contributed by atoms with E-state index in [1.54, 1.807) is 30.3 Å². The summed E-state index contributed by atoms with van der Waals surface area (Å²) in [4.78, 5) is 48.0. The Labute approximate surface area is 126 Å². The first-order valence-corrected chi connectivity index (χ1v) is 9.67. The van der Waals surface area contributed by atoms with Gasteiger partial charge in [-0.05, 0) is 12.0 Å². The summed E-state index contributed by atoms with van der Waals surface area (Å²) in [5, 5.41) is 9.25. The first kappa shape index (κ1) is 19.0. The van der Waals surface area contributed by atoms with Crippen molar-refractivity contribution in [3.8, 4) is 0 Å². The van der Waals surface area contributed by atoms with Crippen molar-refractivity contribution in [2.75, 3.05) is 12.6 Å². The van der Waals surface area contributed by atoms with Crippen LogP contribution < -0.4 is 0 Å². The number of hydrogen-bond donors (Lipinski definition) is 5. The zero-order chi connectivity index (χ0) is 17.0. The summed E-state index contributed by atoms with van der Waals surface area (Å²) in [7, 11) is -9.37. The molecule has 0 aliphatic heterocycles. The van der Waals surface area contributed by atoms with Crippen molar-refractivity contribution in [1.29, 1.82) is 0 Å². The van der Waals surface area contributed by atoms with Crippen molar-refractivity contribution in [2.24, 2.45) is 0 Å². The molecule has 1 aromatic carbocycles. The van der Waals surface area contributed by atoms with Gasteiger partial charge < -0.3 is 24.7 Å². The summed E-state index contributed by atoms with van der Waals surface area (Å²) in [6, 6.07) is 6.78. The molecule has 0 spiro atoms. The van der Waals surface area contributed by atoms with E-state index in [0.29, 0.717) is 10.5 Å². The fourth-order valence-electron chi connectivity index (χ4n) is 1.93. The molecule has 22 heavy (non-hydrogen) atoms. The van der Waals surface area contributed by atoms with Crippen LogP contribution in [-0.4, -0.2) is 54.2 Å². The van der Waals surface area contributed by atoms with Crippen LogP contribution >= 0.6 is 15.2 Å². The maximum absolute atomic E-state index is 11.4. The lowest BCUT2D eigenvalue weighted by atomic mass is 10.1. The number of aliphatic carboxylic acids is 1. The minimum Gasteiger partial charge on any atom is -0.480 e. The van der Waals surface area contributed by atoms with Crippen molar-refractivity contribution >= 4 is 21.2 Å². The van der Waals surface area contributed by atoms with E-state index in [2.05, 4.69) is 0 Å². The standard InChI is InChI=1S/C11H17NO8P2/c13-11(14)10(6-9-4-2-1-3-5-9)12(7-21(15,16)17)8-22(18,19)20/h1-5,10H,6-8H2,(H,13,14)(H2,15,16,17)(H2,18,19,20). The second kappa shape index (κ2) is 7.48. The fraction of sp³-hybridized carbons (Fsp3) is 0.364. The third kappa shape index (κ3) is 7.29. The molecule has 124 valence electrons. The summed E-state index contributed by atoms with van der Waals surface area (Å²) < 4.78 is 22.2. The number of hydrogen-bond acceptors (Lipinski definition) is 4. The highest BCUT2D eigenvalue weighted by molar-refractivity contribution is 7.52. The molecule has 0 aliphatic carbocycles. The zero-order valence-electron chi connectivity index (χ0n) is 11.4. The van der Waals surface area contributed by atoms with Gasteiger partial charge in [0.15, 0.2) is 0 Å². The second-order valence-corrected chi connectivity index (χ2v) is 7.97. The summed E-state index contributed by atoms with van der Waals surface area (Å²) in [6.45, 7) is 0. The summed E-state index contributed by atoms with van der Waals surface area (Å²) in [5.74, 6) is -1.43. The first-order chi connectivity index (χ1) is 9.98. The molecule has 0 heterocycles. The Hall–Kier alpha value is -1.05. The van der Waals surface area contributed by atoms with Gasteiger partial charge in [0.1, 0.15) is 18.6 Å². The number of carboxylic acid groups (broad SMARTS) is 1. The van der Waals surface area contributed by atoms with Gasteiger partial charge >= 0.3 is 21.2 Å². The van der Waals surface area contributed by atoms with E-state index in [0.717, 1.165) is 0 Å². The van der Waals surface area contributed by atoms with Crippen LogP contribution in [0.25, 0.3) is 0 Å². The molecule has 9 nitrogen and oxygen atoms in total. The molecule has 0 radical (unpaired) electrons. The lowest BCUT2D eigenvalue weighted by molar-refractivity contribution is -0.142. The minimum atomic E-state index is -4.69. The molecule has 1 unspecified atom stereocenters. The Morgan fingerprint density at radius 3 is 1.82 bits per heavy atom. The number of nitrogens with zero attached hydrogens (tertiary/aromatic N) is 1. The van der Waals surface area contributed by atoms with Crippen LogP contribution in [0.3, 0.4) is 0 Å².